The van der Waals surface area contributed by atoms with Gasteiger partial charge in [0.05, 0.1) is 13.0 Å². The molecule has 0 heterocycles. The molecule has 2 heteroatoms. The minimum atomic E-state index is -0.153. The maximum Gasteiger partial charge on any atom is 0.308 e. The first-order valence-corrected chi connectivity index (χ1v) is 3.86. The zero-order valence-electron chi connectivity index (χ0n) is 7.52. The maximum absolute atomic E-state index is 10.9. The van der Waals surface area contributed by atoms with Crippen LogP contribution in [0.5, 0.6) is 0 Å². The molecule has 0 aliphatic carbocycles. The molecule has 0 bridgehead atoms. The van der Waals surface area contributed by atoms with Gasteiger partial charge in [0.2, 0.25) is 0 Å². The predicted octanol–water partition coefficient (Wildman–Crippen LogP) is 2.15. The van der Waals surface area contributed by atoms with E-state index in [9.17, 15) is 4.79 Å². The molecule has 0 fully saturated rings. The Bertz CT molecular complexity index is 150. The van der Waals surface area contributed by atoms with E-state index in [1.54, 1.807) is 0 Å². The number of hydrogen-bond acceptors (Lipinski definition) is 2. The summed E-state index contributed by atoms with van der Waals surface area (Å²) in [5, 5.41) is 0. The van der Waals surface area contributed by atoms with Crippen molar-refractivity contribution in [2.45, 2.75) is 26.7 Å². The highest BCUT2D eigenvalue weighted by atomic mass is 16.5. The van der Waals surface area contributed by atoms with E-state index in [1.807, 2.05) is 13.8 Å². The molecule has 0 aliphatic rings. The van der Waals surface area contributed by atoms with Crippen molar-refractivity contribution in [2.75, 3.05) is 7.11 Å². The molecule has 11 heavy (non-hydrogen) atoms. The minimum absolute atomic E-state index is 0.0487. The lowest BCUT2D eigenvalue weighted by molar-refractivity contribution is -0.144. The second kappa shape index (κ2) is 4.94. The Kier molecular flexibility index (Phi) is 4.59. The van der Waals surface area contributed by atoms with Crippen LogP contribution in [0.4, 0.5) is 0 Å². The van der Waals surface area contributed by atoms with E-state index in [0.29, 0.717) is 0 Å². The van der Waals surface area contributed by atoms with Crippen molar-refractivity contribution in [2.24, 2.45) is 5.92 Å². The molecular weight excluding hydrogens is 140 g/mol. The third kappa shape index (κ3) is 3.81. The fourth-order valence-corrected chi connectivity index (χ4v) is 0.862. The number of ether oxygens (including phenoxy) is 1. The molecule has 0 aromatic carbocycles. The van der Waals surface area contributed by atoms with E-state index in [-0.39, 0.29) is 11.9 Å². The van der Waals surface area contributed by atoms with E-state index < -0.39 is 0 Å². The molecule has 0 rings (SSSR count). The molecule has 0 radical (unpaired) electrons. The summed E-state index contributed by atoms with van der Waals surface area (Å²) in [7, 11) is 1.41. The molecule has 1 atom stereocenters. The molecule has 0 saturated heterocycles. The summed E-state index contributed by atoms with van der Waals surface area (Å²) >= 11 is 0. The Morgan fingerprint density at radius 3 is 2.55 bits per heavy atom. The first kappa shape index (κ1) is 10.2. The molecule has 0 spiro atoms. The van der Waals surface area contributed by atoms with Gasteiger partial charge in [-0.15, -0.1) is 0 Å². The average Bonchev–Trinajstić information content (AvgIpc) is 2.02. The molecule has 0 N–H and O–H groups in total. The van der Waals surface area contributed by atoms with Crippen molar-refractivity contribution >= 4 is 5.97 Å². The fraction of sp³-hybridized carbons (Fsp3) is 0.667. The van der Waals surface area contributed by atoms with Gasteiger partial charge in [-0.25, -0.2) is 0 Å². The second-order valence-electron chi connectivity index (χ2n) is 2.73. The quantitative estimate of drug-likeness (QED) is 0.460. The van der Waals surface area contributed by atoms with Gasteiger partial charge in [0, 0.05) is 0 Å². The standard InChI is InChI=1S/C9H16O2/c1-5-7(2)6-8(3)9(10)11-4/h8H,2,5-6H2,1,3-4H3. The number of esters is 1. The van der Waals surface area contributed by atoms with Crippen LogP contribution < -0.4 is 0 Å². The molecule has 0 aromatic rings. The van der Waals surface area contributed by atoms with E-state index in [2.05, 4.69) is 11.3 Å². The van der Waals surface area contributed by atoms with E-state index in [1.165, 1.54) is 7.11 Å². The molecular formula is C9H16O2. The predicted molar refractivity (Wildman–Crippen MR) is 45.2 cm³/mol. The van der Waals surface area contributed by atoms with Crippen LogP contribution in [0.3, 0.4) is 0 Å². The summed E-state index contributed by atoms with van der Waals surface area (Å²) in [6, 6.07) is 0. The summed E-state index contributed by atoms with van der Waals surface area (Å²) < 4.78 is 4.58. The first-order valence-electron chi connectivity index (χ1n) is 3.86. The molecule has 0 saturated carbocycles. The van der Waals surface area contributed by atoms with Crippen LogP contribution in [-0.2, 0) is 9.53 Å². The largest absolute Gasteiger partial charge is 0.469 e. The van der Waals surface area contributed by atoms with Crippen LogP contribution in [-0.4, -0.2) is 13.1 Å². The van der Waals surface area contributed by atoms with Crippen molar-refractivity contribution in [3.05, 3.63) is 12.2 Å². The molecule has 2 nitrogen and oxygen atoms in total. The van der Waals surface area contributed by atoms with Crippen LogP contribution >= 0.6 is 0 Å². The zero-order chi connectivity index (χ0) is 8.85. The van der Waals surface area contributed by atoms with Gasteiger partial charge in [0.15, 0.2) is 0 Å². The van der Waals surface area contributed by atoms with Crippen molar-refractivity contribution < 1.29 is 9.53 Å². The van der Waals surface area contributed by atoms with Crippen molar-refractivity contribution in [3.8, 4) is 0 Å². The van der Waals surface area contributed by atoms with Crippen molar-refractivity contribution in [1.82, 2.24) is 0 Å². The third-order valence-electron chi connectivity index (χ3n) is 1.70. The van der Waals surface area contributed by atoms with Gasteiger partial charge in [-0.1, -0.05) is 26.0 Å². The van der Waals surface area contributed by atoms with Crippen LogP contribution in [0.2, 0.25) is 0 Å². The maximum atomic E-state index is 10.9. The van der Waals surface area contributed by atoms with Crippen molar-refractivity contribution in [1.29, 1.82) is 0 Å². The summed E-state index contributed by atoms with van der Waals surface area (Å²) in [4.78, 5) is 10.9. The Balaban J connectivity index is 3.77. The highest BCUT2D eigenvalue weighted by molar-refractivity contribution is 5.72. The number of allylic oxidation sites excluding steroid dienone is 1. The van der Waals surface area contributed by atoms with Gasteiger partial charge >= 0.3 is 5.97 Å². The third-order valence-corrected chi connectivity index (χ3v) is 1.70. The summed E-state index contributed by atoms with van der Waals surface area (Å²) in [6.45, 7) is 7.71. The highest BCUT2D eigenvalue weighted by Gasteiger charge is 2.12. The van der Waals surface area contributed by atoms with Gasteiger partial charge in [0.1, 0.15) is 0 Å². The molecule has 1 unspecified atom stereocenters. The summed E-state index contributed by atoms with van der Waals surface area (Å²) in [6.07, 6.45) is 1.67. The van der Waals surface area contributed by atoms with Crippen LogP contribution in [0.25, 0.3) is 0 Å². The van der Waals surface area contributed by atoms with Crippen LogP contribution in [0.1, 0.15) is 26.7 Å². The molecule has 0 aliphatic heterocycles. The highest BCUT2D eigenvalue weighted by Crippen LogP contribution is 2.13. The van der Waals surface area contributed by atoms with Crippen molar-refractivity contribution in [3.63, 3.8) is 0 Å². The lowest BCUT2D eigenvalue weighted by Crippen LogP contribution is -2.12. The normalized spacial score (nSPS) is 12.3. The Labute approximate surface area is 68.2 Å². The van der Waals surface area contributed by atoms with E-state index >= 15 is 0 Å². The average molecular weight is 156 g/mol. The lowest BCUT2D eigenvalue weighted by Gasteiger charge is -2.08. The number of carbonyl (C=O) groups is 1. The zero-order valence-corrected chi connectivity index (χ0v) is 7.52. The van der Waals surface area contributed by atoms with E-state index in [4.69, 9.17) is 0 Å². The Hall–Kier alpha value is -0.790. The lowest BCUT2D eigenvalue weighted by atomic mass is 10.0. The number of carbonyl (C=O) groups excluding carboxylic acids is 1. The summed E-state index contributed by atoms with van der Waals surface area (Å²) in [5.41, 5.74) is 1.10. The fourth-order valence-electron chi connectivity index (χ4n) is 0.862. The smallest absolute Gasteiger partial charge is 0.308 e. The minimum Gasteiger partial charge on any atom is -0.469 e. The monoisotopic (exact) mass is 156 g/mol. The summed E-state index contributed by atoms with van der Waals surface area (Å²) in [5.74, 6) is -0.202. The Morgan fingerprint density at radius 2 is 2.18 bits per heavy atom. The Morgan fingerprint density at radius 1 is 1.64 bits per heavy atom. The number of hydrogen-bond donors (Lipinski definition) is 0. The van der Waals surface area contributed by atoms with Crippen LogP contribution in [0.15, 0.2) is 12.2 Å². The SMILES string of the molecule is C=C(CC)CC(C)C(=O)OC. The molecule has 0 aromatic heterocycles. The molecule has 0 amide bonds. The number of rotatable bonds is 4. The van der Waals surface area contributed by atoms with Gasteiger partial charge < -0.3 is 4.74 Å². The van der Waals surface area contributed by atoms with Gasteiger partial charge in [0.25, 0.3) is 0 Å². The second-order valence-corrected chi connectivity index (χ2v) is 2.73. The van der Waals surface area contributed by atoms with Gasteiger partial charge in [-0.3, -0.25) is 4.79 Å². The first-order chi connectivity index (χ1) is 5.11. The van der Waals surface area contributed by atoms with E-state index in [0.717, 1.165) is 18.4 Å². The van der Waals surface area contributed by atoms with Gasteiger partial charge in [-0.2, -0.15) is 0 Å². The molecule has 64 valence electrons. The van der Waals surface area contributed by atoms with Gasteiger partial charge in [-0.05, 0) is 12.8 Å². The van der Waals surface area contributed by atoms with Crippen LogP contribution in [0, 0.1) is 5.92 Å². The topological polar surface area (TPSA) is 26.3 Å². The number of methoxy groups -OCH3 is 1.